The second-order valence-electron chi connectivity index (χ2n) is 3.58. The van der Waals surface area contributed by atoms with E-state index in [0.717, 1.165) is 5.56 Å². The van der Waals surface area contributed by atoms with Crippen molar-refractivity contribution in [2.75, 3.05) is 11.2 Å². The average Bonchev–Trinajstić information content (AvgIpc) is 2.32. The fraction of sp³-hybridized carbons (Fsp3) is 0.0833. The summed E-state index contributed by atoms with van der Waals surface area (Å²) in [4.78, 5) is 7.75. The molecule has 0 spiro atoms. The molecule has 0 fully saturated rings. The third-order valence-electron chi connectivity index (χ3n) is 2.14. The van der Waals surface area contributed by atoms with Crippen molar-refractivity contribution in [2.24, 2.45) is 5.10 Å². The van der Waals surface area contributed by atoms with Crippen molar-refractivity contribution in [2.45, 2.75) is 6.92 Å². The van der Waals surface area contributed by atoms with Gasteiger partial charge in [-0.1, -0.05) is 29.8 Å². The lowest BCUT2D eigenvalue weighted by molar-refractivity contribution is 1.15. The first kappa shape index (κ1) is 11.1. The summed E-state index contributed by atoms with van der Waals surface area (Å²) in [7, 11) is 0. The summed E-state index contributed by atoms with van der Waals surface area (Å²) in [5.41, 5.74) is 10.5. The van der Waals surface area contributed by atoms with Crippen LogP contribution in [0.3, 0.4) is 0 Å². The van der Waals surface area contributed by atoms with Crippen LogP contribution in [0.25, 0.3) is 0 Å². The molecule has 1 aromatic heterocycles. The molecule has 1 heterocycles. The third kappa shape index (κ3) is 3.27. The number of aromatic nitrogens is 2. The summed E-state index contributed by atoms with van der Waals surface area (Å²) in [6, 6.07) is 9.75. The zero-order chi connectivity index (χ0) is 12.1. The Bertz CT molecular complexity index is 519. The molecular weight excluding hydrogens is 214 g/mol. The highest BCUT2D eigenvalue weighted by Crippen LogP contribution is 2.03. The van der Waals surface area contributed by atoms with Crippen molar-refractivity contribution < 1.29 is 0 Å². The minimum Gasteiger partial charge on any atom is -0.368 e. The largest absolute Gasteiger partial charge is 0.368 e. The Morgan fingerprint density at radius 1 is 1.24 bits per heavy atom. The number of anilines is 2. The van der Waals surface area contributed by atoms with E-state index in [1.54, 1.807) is 18.5 Å². The number of rotatable bonds is 3. The Hall–Kier alpha value is -2.43. The van der Waals surface area contributed by atoms with E-state index in [0.29, 0.717) is 5.82 Å². The van der Waals surface area contributed by atoms with Gasteiger partial charge in [-0.2, -0.15) is 10.1 Å². The molecule has 0 amide bonds. The summed E-state index contributed by atoms with van der Waals surface area (Å²) in [5.74, 6) is 0.793. The molecule has 0 aliphatic rings. The minimum atomic E-state index is 0.223. The van der Waals surface area contributed by atoms with Gasteiger partial charge in [0.2, 0.25) is 5.95 Å². The zero-order valence-electron chi connectivity index (χ0n) is 9.46. The molecule has 2 rings (SSSR count). The van der Waals surface area contributed by atoms with Crippen molar-refractivity contribution in [3.05, 3.63) is 47.7 Å². The number of hydrazone groups is 1. The predicted molar refractivity (Wildman–Crippen MR) is 68.8 cm³/mol. The Morgan fingerprint density at radius 2 is 2.00 bits per heavy atom. The Morgan fingerprint density at radius 3 is 2.71 bits per heavy atom. The van der Waals surface area contributed by atoms with E-state index < -0.39 is 0 Å². The molecule has 5 heteroatoms. The van der Waals surface area contributed by atoms with Crippen LogP contribution >= 0.6 is 0 Å². The van der Waals surface area contributed by atoms with Crippen molar-refractivity contribution in [1.29, 1.82) is 0 Å². The number of hydrogen-bond acceptors (Lipinski definition) is 5. The van der Waals surface area contributed by atoms with Crippen LogP contribution in [0.15, 0.2) is 41.6 Å². The van der Waals surface area contributed by atoms with Gasteiger partial charge in [-0.05, 0) is 12.5 Å². The van der Waals surface area contributed by atoms with E-state index in [1.807, 2.05) is 31.2 Å². The smallest absolute Gasteiger partial charge is 0.221 e. The van der Waals surface area contributed by atoms with Crippen LogP contribution in [0.1, 0.15) is 11.1 Å². The topological polar surface area (TPSA) is 76.2 Å². The summed E-state index contributed by atoms with van der Waals surface area (Å²) in [5, 5.41) is 4.06. The predicted octanol–water partition coefficient (Wildman–Crippen LogP) is 1.81. The Kier molecular flexibility index (Phi) is 3.30. The van der Waals surface area contributed by atoms with Crippen LogP contribution in [0.2, 0.25) is 0 Å². The molecule has 0 unspecified atom stereocenters. The minimum absolute atomic E-state index is 0.223. The second-order valence-corrected chi connectivity index (χ2v) is 3.58. The molecule has 86 valence electrons. The summed E-state index contributed by atoms with van der Waals surface area (Å²) in [6.45, 7) is 2.04. The van der Waals surface area contributed by atoms with E-state index in [-0.39, 0.29) is 5.95 Å². The fourth-order valence-corrected chi connectivity index (χ4v) is 1.26. The molecule has 0 saturated heterocycles. The molecule has 0 aliphatic carbocycles. The highest BCUT2D eigenvalue weighted by atomic mass is 15.3. The maximum atomic E-state index is 5.44. The first-order valence-corrected chi connectivity index (χ1v) is 5.18. The van der Waals surface area contributed by atoms with Gasteiger partial charge in [0.15, 0.2) is 5.82 Å². The number of benzene rings is 1. The van der Waals surface area contributed by atoms with Gasteiger partial charge >= 0.3 is 0 Å². The number of nitrogens with zero attached hydrogens (tertiary/aromatic N) is 3. The van der Waals surface area contributed by atoms with E-state index >= 15 is 0 Å². The molecule has 0 bridgehead atoms. The third-order valence-corrected chi connectivity index (χ3v) is 2.14. The lowest BCUT2D eigenvalue weighted by Gasteiger charge is -1.99. The summed E-state index contributed by atoms with van der Waals surface area (Å²) >= 11 is 0. The van der Waals surface area contributed by atoms with Gasteiger partial charge in [-0.25, -0.2) is 4.98 Å². The van der Waals surface area contributed by atoms with Crippen molar-refractivity contribution in [3.63, 3.8) is 0 Å². The number of nitrogen functional groups attached to an aromatic ring is 1. The molecular formula is C12H13N5. The van der Waals surface area contributed by atoms with Gasteiger partial charge in [0.25, 0.3) is 0 Å². The first-order valence-electron chi connectivity index (χ1n) is 5.18. The number of nitrogens with one attached hydrogen (secondary N) is 1. The van der Waals surface area contributed by atoms with Gasteiger partial charge in [0.05, 0.1) is 6.21 Å². The van der Waals surface area contributed by atoms with E-state index in [9.17, 15) is 0 Å². The lowest BCUT2D eigenvalue weighted by Crippen LogP contribution is -1.98. The SMILES string of the molecule is Cc1ccc(C=NNc2ccnc(N)n2)cc1. The van der Waals surface area contributed by atoms with Crippen LogP contribution in [-0.4, -0.2) is 16.2 Å². The van der Waals surface area contributed by atoms with Crippen LogP contribution in [0.5, 0.6) is 0 Å². The molecule has 0 atom stereocenters. The van der Waals surface area contributed by atoms with Crippen molar-refractivity contribution in [1.82, 2.24) is 9.97 Å². The quantitative estimate of drug-likeness (QED) is 0.619. The van der Waals surface area contributed by atoms with Crippen LogP contribution in [0, 0.1) is 6.92 Å². The molecule has 0 radical (unpaired) electrons. The van der Waals surface area contributed by atoms with Crippen molar-refractivity contribution in [3.8, 4) is 0 Å². The monoisotopic (exact) mass is 227 g/mol. The molecule has 17 heavy (non-hydrogen) atoms. The van der Waals surface area contributed by atoms with Gasteiger partial charge in [-0.15, -0.1) is 0 Å². The number of nitrogens with two attached hydrogens (primary N) is 1. The molecule has 0 aliphatic heterocycles. The maximum Gasteiger partial charge on any atom is 0.221 e. The molecule has 3 N–H and O–H groups in total. The Labute approximate surface area is 99.4 Å². The second kappa shape index (κ2) is 5.07. The molecule has 1 aromatic carbocycles. The van der Waals surface area contributed by atoms with E-state index in [2.05, 4.69) is 20.5 Å². The number of hydrogen-bond donors (Lipinski definition) is 2. The van der Waals surface area contributed by atoms with Crippen LogP contribution < -0.4 is 11.2 Å². The standard InChI is InChI=1S/C12H13N5/c1-9-2-4-10(5-3-9)8-15-17-11-6-7-14-12(13)16-11/h2-8H,1H3,(H3,13,14,16,17). The fourth-order valence-electron chi connectivity index (χ4n) is 1.26. The van der Waals surface area contributed by atoms with Crippen LogP contribution in [-0.2, 0) is 0 Å². The van der Waals surface area contributed by atoms with Gasteiger partial charge < -0.3 is 5.73 Å². The van der Waals surface area contributed by atoms with Crippen LogP contribution in [0.4, 0.5) is 11.8 Å². The van der Waals surface area contributed by atoms with E-state index in [4.69, 9.17) is 5.73 Å². The molecule has 5 nitrogen and oxygen atoms in total. The highest BCUT2D eigenvalue weighted by molar-refractivity contribution is 5.80. The van der Waals surface area contributed by atoms with Gasteiger partial charge in [0.1, 0.15) is 0 Å². The normalized spacial score (nSPS) is 10.6. The molecule has 0 saturated carbocycles. The Balaban J connectivity index is 2.00. The summed E-state index contributed by atoms with van der Waals surface area (Å²) < 4.78 is 0. The average molecular weight is 227 g/mol. The number of aryl methyl sites for hydroxylation is 1. The lowest BCUT2D eigenvalue weighted by atomic mass is 10.2. The first-order chi connectivity index (χ1) is 8.24. The maximum absolute atomic E-state index is 5.44. The van der Waals surface area contributed by atoms with Crippen molar-refractivity contribution >= 4 is 18.0 Å². The zero-order valence-corrected chi connectivity index (χ0v) is 9.46. The van der Waals surface area contributed by atoms with Gasteiger partial charge in [-0.3, -0.25) is 5.43 Å². The molecule has 2 aromatic rings. The van der Waals surface area contributed by atoms with E-state index in [1.165, 1.54) is 5.56 Å². The van der Waals surface area contributed by atoms with Gasteiger partial charge in [0, 0.05) is 12.3 Å². The highest BCUT2D eigenvalue weighted by Gasteiger charge is 1.92. The summed E-state index contributed by atoms with van der Waals surface area (Å²) in [6.07, 6.45) is 3.30.